The van der Waals surface area contributed by atoms with Gasteiger partial charge in [-0.15, -0.1) is 5.06 Å². The van der Waals surface area contributed by atoms with E-state index in [2.05, 4.69) is 49.2 Å². The van der Waals surface area contributed by atoms with Crippen LogP contribution in [0.15, 0.2) is 24.3 Å². The minimum Gasteiger partial charge on any atom is -0.481 e. The van der Waals surface area contributed by atoms with E-state index in [-0.39, 0.29) is 95.0 Å². The number of carboxylic acid groups (broad SMARTS) is 2. The van der Waals surface area contributed by atoms with Gasteiger partial charge in [0.05, 0.1) is 5.92 Å². The molecule has 0 bridgehead atoms. The van der Waals surface area contributed by atoms with Crippen LogP contribution in [-0.2, 0) is 48.0 Å². The molecule has 1 aromatic carbocycles. The lowest BCUT2D eigenvalue weighted by molar-refractivity contribution is -0.224. The highest BCUT2D eigenvalue weighted by molar-refractivity contribution is 14.1. The number of carbonyl (C=O) groups excluding carboxylic acids is 8. The fourth-order valence-corrected chi connectivity index (χ4v) is 8.56. The first-order chi connectivity index (χ1) is 33.7. The molecule has 0 aromatic heterocycles. The van der Waals surface area contributed by atoms with E-state index in [1.807, 2.05) is 6.07 Å². The molecule has 24 nitrogen and oxygen atoms in total. The number of hydroxylamine groups is 2. The minimum atomic E-state index is -1.91. The number of aliphatic hydroxyl groups excluding tert-OH is 3. The van der Waals surface area contributed by atoms with Crippen molar-refractivity contribution in [2.75, 3.05) is 26.7 Å². The van der Waals surface area contributed by atoms with Crippen molar-refractivity contribution in [2.24, 2.45) is 11.8 Å². The standard InChI is InChI=1S/C46H68IN7O17/c1-53(35(56)12-3-5-24-48-40(63)27-13-15-28(16-14-27)46(70)71-54-36(57)19-20-37(54)58)34(18-22-39(61)62)44(67)51-31(11-7-25-55)42(65)50-32(17-21-38(59)60)43(66)52-33(45(68)69)10-2-4-23-49-41(64)29-8-6-9-30(47)26-29/h6,8-9,26-28,31-34,36,38,55,57,59-60H,2-5,7,10-25H2,1H3,(H,48,63)(H,49,64)(H,50,65)(H,51,67)(H,52,66)(H,61,62)(H,68,69)/t27?,28?,31-,32-,33-,34-,36?/m1/s1. The largest absolute Gasteiger partial charge is 0.481 e. The number of aliphatic carboxylic acids is 2. The van der Waals surface area contributed by atoms with Crippen LogP contribution in [0.4, 0.5) is 0 Å². The molecule has 1 aliphatic heterocycles. The fourth-order valence-electron chi connectivity index (χ4n) is 8.01. The summed E-state index contributed by atoms with van der Waals surface area (Å²) in [5.41, 5.74) is 0.454. The molecule has 7 amide bonds. The highest BCUT2D eigenvalue weighted by Gasteiger charge is 2.38. The highest BCUT2D eigenvalue weighted by Crippen LogP contribution is 2.31. The lowest BCUT2D eigenvalue weighted by atomic mass is 9.81. The predicted octanol–water partition coefficient (Wildman–Crippen LogP) is -0.223. The average molecular weight is 1120 g/mol. The monoisotopic (exact) mass is 1120 g/mol. The van der Waals surface area contributed by atoms with Gasteiger partial charge >= 0.3 is 17.9 Å². The van der Waals surface area contributed by atoms with Crippen molar-refractivity contribution in [1.29, 1.82) is 0 Å². The van der Waals surface area contributed by atoms with Crippen molar-refractivity contribution in [1.82, 2.24) is 36.5 Å². The summed E-state index contributed by atoms with van der Waals surface area (Å²) in [7, 11) is 1.29. The van der Waals surface area contributed by atoms with E-state index < -0.39 is 109 Å². The van der Waals surface area contributed by atoms with Crippen LogP contribution in [0, 0.1) is 15.4 Å². The van der Waals surface area contributed by atoms with Gasteiger partial charge in [0.25, 0.3) is 11.8 Å². The molecule has 3 rings (SSSR count). The van der Waals surface area contributed by atoms with E-state index in [0.29, 0.717) is 49.2 Å². The second kappa shape index (κ2) is 31.1. The lowest BCUT2D eigenvalue weighted by Crippen LogP contribution is -2.58. The molecule has 2 fully saturated rings. The topological polar surface area (TPSA) is 368 Å². The summed E-state index contributed by atoms with van der Waals surface area (Å²) in [6.45, 7) is -0.000949. The number of carbonyl (C=O) groups is 10. The van der Waals surface area contributed by atoms with Crippen LogP contribution in [0.3, 0.4) is 0 Å². The average Bonchev–Trinajstić information content (AvgIpc) is 3.64. The summed E-state index contributed by atoms with van der Waals surface area (Å²) >= 11 is 2.08. The molecular weight excluding hydrogens is 1050 g/mol. The lowest BCUT2D eigenvalue weighted by Gasteiger charge is -2.30. The molecule has 1 saturated carbocycles. The van der Waals surface area contributed by atoms with Gasteiger partial charge in [-0.1, -0.05) is 6.07 Å². The third kappa shape index (κ3) is 21.0. The van der Waals surface area contributed by atoms with Crippen LogP contribution in [0.25, 0.3) is 0 Å². The van der Waals surface area contributed by atoms with Crippen molar-refractivity contribution in [3.8, 4) is 0 Å². The number of benzene rings is 1. The normalized spacial score (nSPS) is 18.3. The van der Waals surface area contributed by atoms with Crippen molar-refractivity contribution >= 4 is 81.8 Å². The molecule has 1 saturated heterocycles. The summed E-state index contributed by atoms with van der Waals surface area (Å²) in [5, 5.41) is 71.4. The summed E-state index contributed by atoms with van der Waals surface area (Å²) in [6, 6.07) is 1.07. The summed E-state index contributed by atoms with van der Waals surface area (Å²) in [5.74, 6) is -8.68. The van der Waals surface area contributed by atoms with Gasteiger partial charge in [-0.25, -0.2) is 9.59 Å². The second-order valence-electron chi connectivity index (χ2n) is 17.6. The maximum atomic E-state index is 13.8. The Bertz CT molecular complexity index is 2000. The van der Waals surface area contributed by atoms with Crippen LogP contribution in [0.2, 0.25) is 0 Å². The van der Waals surface area contributed by atoms with Gasteiger partial charge in [0.15, 0.2) is 12.5 Å². The number of hydrogen-bond acceptors (Lipinski definition) is 15. The Kier molecular flexibility index (Phi) is 26.2. The number of amides is 7. The Morgan fingerprint density at radius 1 is 0.746 bits per heavy atom. The molecule has 1 unspecified atom stereocenters. The van der Waals surface area contributed by atoms with Crippen molar-refractivity contribution in [2.45, 2.75) is 152 Å². The number of rotatable bonds is 31. The number of hydrogen-bond donors (Lipinski definition) is 11. The maximum absolute atomic E-state index is 13.8. The Balaban J connectivity index is 1.54. The molecule has 0 spiro atoms. The van der Waals surface area contributed by atoms with Gasteiger partial charge in [0.1, 0.15) is 24.2 Å². The van der Waals surface area contributed by atoms with E-state index in [9.17, 15) is 78.6 Å². The highest BCUT2D eigenvalue weighted by atomic mass is 127. The Labute approximate surface area is 424 Å². The molecule has 0 radical (unpaired) electrons. The Morgan fingerprint density at radius 2 is 1.35 bits per heavy atom. The van der Waals surface area contributed by atoms with Gasteiger partial charge in [0.2, 0.25) is 29.5 Å². The van der Waals surface area contributed by atoms with E-state index in [1.54, 1.807) is 18.2 Å². The number of unbranched alkanes of at least 4 members (excludes halogenated alkanes) is 2. The van der Waals surface area contributed by atoms with Gasteiger partial charge in [-0.05, 0) is 124 Å². The van der Waals surface area contributed by atoms with Gasteiger partial charge in [-0.2, -0.15) is 0 Å². The SMILES string of the molecule is CN(C(=O)CCCCNC(=O)C1CCC(C(=O)ON2C(=O)CCC2O)CC1)[C@H](CCC(=O)O)C(=O)N[C@H](CCCO)C(=O)N[C@H](CCC(O)O)C(=O)N[C@H](CCCCNC(=O)c1cccc(I)c1)C(=O)O. The number of halogens is 1. The van der Waals surface area contributed by atoms with Gasteiger partial charge < -0.3 is 67.0 Å². The molecular formula is C46H68IN7O17. The van der Waals surface area contributed by atoms with Crippen LogP contribution < -0.4 is 26.6 Å². The van der Waals surface area contributed by atoms with Gasteiger partial charge in [-0.3, -0.25) is 38.4 Å². The molecule has 396 valence electrons. The second-order valence-corrected chi connectivity index (χ2v) is 18.9. The van der Waals surface area contributed by atoms with Crippen LogP contribution >= 0.6 is 22.6 Å². The number of nitrogens with zero attached hydrogens (tertiary/aromatic N) is 2. The van der Waals surface area contributed by atoms with Crippen LogP contribution in [-0.4, -0.2) is 163 Å². The zero-order chi connectivity index (χ0) is 52.6. The molecule has 71 heavy (non-hydrogen) atoms. The molecule has 11 N–H and O–H groups in total. The number of nitrogens with one attached hydrogen (secondary N) is 5. The third-order valence-electron chi connectivity index (χ3n) is 12.2. The zero-order valence-corrected chi connectivity index (χ0v) is 41.9. The number of carboxylic acids is 2. The van der Waals surface area contributed by atoms with Crippen molar-refractivity contribution < 1.29 is 83.4 Å². The summed E-state index contributed by atoms with van der Waals surface area (Å²) in [6.07, 6.45) is -2.24. The zero-order valence-electron chi connectivity index (χ0n) is 39.7. The van der Waals surface area contributed by atoms with Crippen LogP contribution in [0.1, 0.15) is 126 Å². The minimum absolute atomic E-state index is 0.0361. The van der Waals surface area contributed by atoms with Crippen molar-refractivity contribution in [3.63, 3.8) is 0 Å². The summed E-state index contributed by atoms with van der Waals surface area (Å²) in [4.78, 5) is 134. The number of likely N-dealkylation sites (N-methyl/N-ethyl adjacent to an activating group) is 1. The quantitative estimate of drug-likeness (QED) is 0.0260. The molecule has 2 aliphatic rings. The van der Waals surface area contributed by atoms with E-state index >= 15 is 0 Å². The first-order valence-electron chi connectivity index (χ1n) is 23.8. The first kappa shape index (κ1) is 59.8. The first-order valence-corrected chi connectivity index (χ1v) is 24.9. The molecule has 1 aromatic rings. The van der Waals surface area contributed by atoms with Gasteiger partial charge in [0, 0.05) is 73.9 Å². The predicted molar refractivity (Wildman–Crippen MR) is 256 cm³/mol. The van der Waals surface area contributed by atoms with E-state index in [4.69, 9.17) is 4.84 Å². The summed E-state index contributed by atoms with van der Waals surface area (Å²) < 4.78 is 0.868. The maximum Gasteiger partial charge on any atom is 0.335 e. The van der Waals surface area contributed by atoms with Crippen LogP contribution in [0.5, 0.6) is 0 Å². The number of aliphatic hydroxyl groups is 4. The van der Waals surface area contributed by atoms with E-state index in [1.165, 1.54) is 7.05 Å². The molecule has 1 aliphatic carbocycles. The molecule has 5 atom stereocenters. The fraction of sp³-hybridized carbons (Fsp3) is 0.652. The van der Waals surface area contributed by atoms with Crippen molar-refractivity contribution in [3.05, 3.63) is 33.4 Å². The smallest absolute Gasteiger partial charge is 0.335 e. The molecule has 1 heterocycles. The van der Waals surface area contributed by atoms with E-state index in [0.717, 1.165) is 8.47 Å². The Hall–Kier alpha value is -5.51. The Morgan fingerprint density at radius 3 is 1.96 bits per heavy atom. The third-order valence-corrected chi connectivity index (χ3v) is 12.9. The molecule has 25 heteroatoms.